The lowest BCUT2D eigenvalue weighted by atomic mass is 10.1. The Labute approximate surface area is 404 Å². The van der Waals surface area contributed by atoms with Crippen molar-refractivity contribution in [2.75, 3.05) is 13.2 Å². The van der Waals surface area contributed by atoms with Crippen LogP contribution in [0.5, 0.6) is 0 Å². The maximum atomic E-state index is 12.3. The number of carbonyl (C=O) groups is 2. The lowest BCUT2D eigenvalue weighted by Gasteiger charge is -2.15. The number of aliphatic hydroxyl groups excluding tert-OH is 1. The van der Waals surface area contributed by atoms with Crippen molar-refractivity contribution in [3.05, 3.63) is 182 Å². The van der Waals surface area contributed by atoms with E-state index in [1.54, 1.807) is 0 Å². The highest BCUT2D eigenvalue weighted by Crippen LogP contribution is 2.09. The maximum absolute atomic E-state index is 12.3. The second kappa shape index (κ2) is 54.3. The Balaban J connectivity index is 3.77. The van der Waals surface area contributed by atoms with Gasteiger partial charge in [-0.15, -0.1) is 0 Å². The summed E-state index contributed by atoms with van der Waals surface area (Å²) >= 11 is 0. The zero-order valence-electron chi connectivity index (χ0n) is 41.4. The van der Waals surface area contributed by atoms with Gasteiger partial charge in [0.05, 0.1) is 6.61 Å². The third-order valence-electron chi connectivity index (χ3n) is 9.69. The summed E-state index contributed by atoms with van der Waals surface area (Å²) in [6, 6.07) is 0. The average molecular weight is 903 g/mol. The summed E-state index contributed by atoms with van der Waals surface area (Å²) < 4.78 is 10.6. The van der Waals surface area contributed by atoms with Gasteiger partial charge < -0.3 is 14.6 Å². The molecule has 5 heteroatoms. The summed E-state index contributed by atoms with van der Waals surface area (Å²) in [4.78, 5) is 24.4. The van der Waals surface area contributed by atoms with Crippen LogP contribution in [0.4, 0.5) is 0 Å². The number of carbonyl (C=O) groups excluding carboxylic acids is 2. The van der Waals surface area contributed by atoms with Gasteiger partial charge in [0.1, 0.15) is 6.61 Å². The molecule has 1 unspecified atom stereocenters. The van der Waals surface area contributed by atoms with Gasteiger partial charge in [0.25, 0.3) is 0 Å². The molecule has 0 saturated carbocycles. The van der Waals surface area contributed by atoms with E-state index in [1.807, 2.05) is 0 Å². The van der Waals surface area contributed by atoms with Gasteiger partial charge in [-0.1, -0.05) is 203 Å². The second-order valence-corrected chi connectivity index (χ2v) is 15.8. The van der Waals surface area contributed by atoms with E-state index in [4.69, 9.17) is 9.47 Å². The van der Waals surface area contributed by atoms with Crippen LogP contribution >= 0.6 is 0 Å². The minimum absolute atomic E-state index is 0.117. The van der Waals surface area contributed by atoms with Crippen LogP contribution in [0.3, 0.4) is 0 Å². The Hall–Kier alpha value is -5.00. The van der Waals surface area contributed by atoms with Crippen LogP contribution in [0.1, 0.15) is 168 Å². The number of allylic oxidation sites excluding steroid dienone is 30. The molecule has 1 N–H and O–H groups in total. The van der Waals surface area contributed by atoms with Crippen LogP contribution < -0.4 is 0 Å². The number of aliphatic hydroxyl groups is 1. The Morgan fingerprint density at radius 2 is 0.606 bits per heavy atom. The molecule has 0 heterocycles. The highest BCUT2D eigenvalue weighted by Gasteiger charge is 2.16. The Bertz CT molecular complexity index is 1580. The van der Waals surface area contributed by atoms with Crippen molar-refractivity contribution in [2.24, 2.45) is 0 Å². The van der Waals surface area contributed by atoms with Gasteiger partial charge in [-0.3, -0.25) is 9.59 Å². The van der Waals surface area contributed by atoms with Crippen LogP contribution in [0, 0.1) is 0 Å². The van der Waals surface area contributed by atoms with Crippen molar-refractivity contribution in [2.45, 2.75) is 174 Å². The largest absolute Gasteiger partial charge is 0.462 e. The fraction of sp³-hybridized carbons (Fsp3) is 0.475. The molecule has 0 fully saturated rings. The van der Waals surface area contributed by atoms with E-state index >= 15 is 0 Å². The van der Waals surface area contributed by atoms with Gasteiger partial charge in [0, 0.05) is 12.8 Å². The first-order valence-electron chi connectivity index (χ1n) is 25.3. The van der Waals surface area contributed by atoms with E-state index in [1.165, 1.54) is 0 Å². The first-order chi connectivity index (χ1) is 32.6. The standard InChI is InChI=1S/C61H90O5/c1-3-5-7-9-11-13-15-17-19-21-23-25-26-27-28-29-30-31-32-33-34-36-38-40-42-44-46-48-50-52-54-56-61(64)66-59(57-62)58-65-60(63)55-53-51-49-47-45-43-41-39-37-35-24-22-20-18-16-14-12-10-8-6-4-2/h5-8,11-14,17-20,23-25,27-28,30-31,33-35,38-41,44-47,59,62H,3-4,9-10,15-16,21-22,26,29,32,36-37,42-43,48-58H2,1-2H3/b7-5-,8-6-,13-11-,14-12-,19-17-,20-18-,25-23-,28-27-,31-30-,34-33-,35-24-,40-38-,41-39-,46-44-,47-45-. The van der Waals surface area contributed by atoms with E-state index in [9.17, 15) is 14.7 Å². The van der Waals surface area contributed by atoms with Crippen molar-refractivity contribution in [1.29, 1.82) is 0 Å². The molecule has 5 nitrogen and oxygen atoms in total. The SMILES string of the molecule is CC/C=C\C/C=C\C/C=C\C/C=C\C/C=C\C/C=C\C/C=C\C/C=C\C/C=C\CCCCCC(=O)OC(CO)COC(=O)CCCC/C=C\C/C=C\C/C=C\C/C=C\C/C=C\C/C=C\CC. The van der Waals surface area contributed by atoms with E-state index in [0.717, 1.165) is 141 Å². The number of ether oxygens (including phenoxy) is 2. The molecular weight excluding hydrogens is 813 g/mol. The fourth-order valence-electron chi connectivity index (χ4n) is 5.96. The molecule has 0 radical (unpaired) electrons. The molecule has 364 valence electrons. The Morgan fingerprint density at radius 3 is 0.909 bits per heavy atom. The zero-order chi connectivity index (χ0) is 47.7. The van der Waals surface area contributed by atoms with E-state index in [0.29, 0.717) is 12.8 Å². The summed E-state index contributed by atoms with van der Waals surface area (Å²) in [6.45, 7) is 3.82. The van der Waals surface area contributed by atoms with Crippen molar-refractivity contribution >= 4 is 11.9 Å². The molecule has 0 aromatic carbocycles. The van der Waals surface area contributed by atoms with Crippen molar-refractivity contribution in [3.63, 3.8) is 0 Å². The first kappa shape index (κ1) is 61.0. The summed E-state index contributed by atoms with van der Waals surface area (Å²) in [5, 5.41) is 9.62. The highest BCUT2D eigenvalue weighted by molar-refractivity contribution is 5.70. The van der Waals surface area contributed by atoms with Crippen LogP contribution in [-0.4, -0.2) is 36.4 Å². The van der Waals surface area contributed by atoms with Gasteiger partial charge in [-0.2, -0.15) is 0 Å². The minimum Gasteiger partial charge on any atom is -0.462 e. The van der Waals surface area contributed by atoms with Gasteiger partial charge >= 0.3 is 11.9 Å². The van der Waals surface area contributed by atoms with Gasteiger partial charge in [-0.05, 0) is 135 Å². The van der Waals surface area contributed by atoms with Crippen molar-refractivity contribution < 1.29 is 24.2 Å². The summed E-state index contributed by atoms with van der Waals surface area (Å²) in [5.41, 5.74) is 0. The first-order valence-corrected chi connectivity index (χ1v) is 25.3. The smallest absolute Gasteiger partial charge is 0.306 e. The maximum Gasteiger partial charge on any atom is 0.306 e. The summed E-state index contributed by atoms with van der Waals surface area (Å²) in [6.07, 6.45) is 86.9. The molecule has 0 aliphatic rings. The van der Waals surface area contributed by atoms with E-state index < -0.39 is 6.10 Å². The van der Waals surface area contributed by atoms with Crippen LogP contribution in [0.25, 0.3) is 0 Å². The monoisotopic (exact) mass is 903 g/mol. The third-order valence-corrected chi connectivity index (χ3v) is 9.69. The molecule has 66 heavy (non-hydrogen) atoms. The fourth-order valence-corrected chi connectivity index (χ4v) is 5.96. The zero-order valence-corrected chi connectivity index (χ0v) is 41.4. The molecule has 0 rings (SSSR count). The molecule has 0 aliphatic heterocycles. The van der Waals surface area contributed by atoms with E-state index in [2.05, 4.69) is 196 Å². The highest BCUT2D eigenvalue weighted by atomic mass is 16.6. The molecular formula is C61H90O5. The quantitative estimate of drug-likeness (QED) is 0.0375. The van der Waals surface area contributed by atoms with Crippen molar-refractivity contribution in [1.82, 2.24) is 0 Å². The van der Waals surface area contributed by atoms with Crippen LogP contribution in [0.2, 0.25) is 0 Å². The summed E-state index contributed by atoms with van der Waals surface area (Å²) in [5.74, 6) is -0.700. The van der Waals surface area contributed by atoms with Gasteiger partial charge in [0.15, 0.2) is 6.10 Å². The van der Waals surface area contributed by atoms with Crippen LogP contribution in [0.15, 0.2) is 182 Å². The van der Waals surface area contributed by atoms with Crippen LogP contribution in [-0.2, 0) is 19.1 Å². The molecule has 0 amide bonds. The van der Waals surface area contributed by atoms with Gasteiger partial charge in [0.2, 0.25) is 0 Å². The predicted molar refractivity (Wildman–Crippen MR) is 287 cm³/mol. The van der Waals surface area contributed by atoms with Gasteiger partial charge in [-0.25, -0.2) is 0 Å². The third kappa shape index (κ3) is 51.6. The molecule has 0 aliphatic carbocycles. The minimum atomic E-state index is -0.825. The lowest BCUT2D eigenvalue weighted by molar-refractivity contribution is -0.161. The number of esters is 2. The number of unbranched alkanes of at least 4 members (excludes halogenated alkanes) is 5. The lowest BCUT2D eigenvalue weighted by Crippen LogP contribution is -2.28. The average Bonchev–Trinajstić information content (AvgIpc) is 3.32. The summed E-state index contributed by atoms with van der Waals surface area (Å²) in [7, 11) is 0. The Morgan fingerprint density at radius 1 is 0.348 bits per heavy atom. The molecule has 0 saturated heterocycles. The predicted octanol–water partition coefficient (Wildman–Crippen LogP) is 17.2. The molecule has 0 spiro atoms. The molecule has 1 atom stereocenters. The molecule has 0 aromatic heterocycles. The number of rotatable bonds is 43. The number of hydrogen-bond donors (Lipinski definition) is 1. The second-order valence-electron chi connectivity index (χ2n) is 15.8. The molecule has 0 aromatic rings. The molecule has 0 bridgehead atoms. The Kier molecular flexibility index (Phi) is 50.2. The van der Waals surface area contributed by atoms with Crippen molar-refractivity contribution in [3.8, 4) is 0 Å². The van der Waals surface area contributed by atoms with E-state index in [-0.39, 0.29) is 25.2 Å². The number of hydrogen-bond acceptors (Lipinski definition) is 5. The normalized spacial score (nSPS) is 13.8. The topological polar surface area (TPSA) is 72.8 Å².